The van der Waals surface area contributed by atoms with E-state index in [-0.39, 0.29) is 30.5 Å². The molecule has 2 aliphatic heterocycles. The Morgan fingerprint density at radius 3 is 2.86 bits per heavy atom. The number of ether oxygens (including phenoxy) is 2. The molecule has 0 bridgehead atoms. The van der Waals surface area contributed by atoms with Gasteiger partial charge in [-0.2, -0.15) is 0 Å². The lowest BCUT2D eigenvalue weighted by atomic mass is 9.84. The third-order valence-electron chi connectivity index (χ3n) is 7.39. The highest BCUT2D eigenvalue weighted by Crippen LogP contribution is 2.41. The number of benzene rings is 2. The zero-order valence-electron chi connectivity index (χ0n) is 22.0. The lowest BCUT2D eigenvalue weighted by Gasteiger charge is -2.39. The zero-order valence-corrected chi connectivity index (χ0v) is 22.0. The number of aliphatic hydroxyl groups excluding tert-OH is 1. The molecule has 0 saturated carbocycles. The van der Waals surface area contributed by atoms with Crippen LogP contribution in [0, 0.1) is 5.41 Å². The van der Waals surface area contributed by atoms with Crippen LogP contribution in [0.1, 0.15) is 76.0 Å². The van der Waals surface area contributed by atoms with E-state index in [0.29, 0.717) is 40.9 Å². The van der Waals surface area contributed by atoms with Crippen LogP contribution < -0.4 is 25.4 Å². The molecule has 4 rings (SSSR count). The molecule has 0 radical (unpaired) electrons. The van der Waals surface area contributed by atoms with E-state index < -0.39 is 6.10 Å². The molecule has 1 fully saturated rings. The number of nitrogen functional groups attached to an aromatic ring is 1. The summed E-state index contributed by atoms with van der Waals surface area (Å²) in [7, 11) is 0. The molecule has 2 aromatic rings. The maximum Gasteiger partial charge on any atom is 0.272 e. The van der Waals surface area contributed by atoms with Crippen molar-refractivity contribution in [2.45, 2.75) is 76.5 Å². The van der Waals surface area contributed by atoms with Crippen LogP contribution in [-0.2, 0) is 4.79 Å². The first kappa shape index (κ1) is 26.9. The first-order chi connectivity index (χ1) is 17.8. The molecule has 5 N–H and O–H groups in total. The summed E-state index contributed by atoms with van der Waals surface area (Å²) >= 11 is 0. The third-order valence-corrected chi connectivity index (χ3v) is 7.39. The van der Waals surface area contributed by atoms with Crippen molar-refractivity contribution in [1.29, 1.82) is 5.41 Å². The highest BCUT2D eigenvalue weighted by Gasteiger charge is 2.36. The normalized spacial score (nSPS) is 23.3. The Bertz CT molecular complexity index is 1110. The van der Waals surface area contributed by atoms with Crippen LogP contribution in [0.5, 0.6) is 11.5 Å². The van der Waals surface area contributed by atoms with E-state index in [1.807, 2.05) is 6.07 Å². The first-order valence-electron chi connectivity index (χ1n) is 13.4. The smallest absolute Gasteiger partial charge is 0.272 e. The molecule has 3 atom stereocenters. The summed E-state index contributed by atoms with van der Waals surface area (Å²) < 4.78 is 11.8. The fraction of sp³-hybridized carbons (Fsp3) is 0.517. The van der Waals surface area contributed by atoms with Crippen molar-refractivity contribution in [2.24, 2.45) is 5.73 Å². The lowest BCUT2D eigenvalue weighted by Crippen LogP contribution is -2.50. The maximum absolute atomic E-state index is 13.7. The van der Waals surface area contributed by atoms with Crippen molar-refractivity contribution < 1.29 is 19.4 Å². The van der Waals surface area contributed by atoms with Gasteiger partial charge in [-0.05, 0) is 57.7 Å². The maximum atomic E-state index is 13.7. The van der Waals surface area contributed by atoms with Gasteiger partial charge in [-0.3, -0.25) is 10.2 Å². The number of carbonyl (C=O) groups is 1. The molecule has 0 aliphatic carbocycles. The number of anilines is 1. The molecule has 2 aromatic carbocycles. The number of piperidine rings is 1. The number of nitrogens with two attached hydrogens (primary N) is 1. The fourth-order valence-electron chi connectivity index (χ4n) is 5.51. The van der Waals surface area contributed by atoms with Crippen molar-refractivity contribution in [2.75, 3.05) is 24.7 Å². The zero-order chi connectivity index (χ0) is 26.4. The van der Waals surface area contributed by atoms with Gasteiger partial charge in [-0.15, -0.1) is 0 Å². The number of fused-ring (bicyclic) bond motifs is 1. The number of rotatable bonds is 11. The molecular formula is C29H40N4O4. The van der Waals surface area contributed by atoms with Crippen LogP contribution in [0.25, 0.3) is 0 Å². The van der Waals surface area contributed by atoms with Gasteiger partial charge in [0.25, 0.3) is 5.91 Å². The molecule has 8 heteroatoms. The van der Waals surface area contributed by atoms with Crippen molar-refractivity contribution in [3.8, 4) is 11.5 Å². The van der Waals surface area contributed by atoms with Crippen LogP contribution in [-0.4, -0.2) is 48.2 Å². The Kier molecular flexibility index (Phi) is 8.71. The van der Waals surface area contributed by atoms with Gasteiger partial charge in [0.15, 0.2) is 0 Å². The SMILES string of the molecule is C[C@H]1CCC[C@@](C)(CCCCCN2C(=O)C(c3cccc(C(=N)N)c3)Oc3ccc(OCCO)cc32)N1. The number of carbonyl (C=O) groups excluding carboxylic acids is 1. The Morgan fingerprint density at radius 1 is 1.27 bits per heavy atom. The second-order valence-corrected chi connectivity index (χ2v) is 10.5. The predicted molar refractivity (Wildman–Crippen MR) is 146 cm³/mol. The summed E-state index contributed by atoms with van der Waals surface area (Å²) in [4.78, 5) is 15.5. The topological polar surface area (TPSA) is 121 Å². The second kappa shape index (κ2) is 12.0. The number of hydrogen-bond acceptors (Lipinski definition) is 6. The molecule has 37 heavy (non-hydrogen) atoms. The Hall–Kier alpha value is -3.10. The predicted octanol–water partition coefficient (Wildman–Crippen LogP) is 4.29. The summed E-state index contributed by atoms with van der Waals surface area (Å²) in [5.74, 6) is 0.976. The second-order valence-electron chi connectivity index (χ2n) is 10.5. The van der Waals surface area contributed by atoms with E-state index in [1.54, 1.807) is 41.3 Å². The van der Waals surface area contributed by atoms with E-state index >= 15 is 0 Å². The average molecular weight is 509 g/mol. The van der Waals surface area contributed by atoms with Crippen molar-refractivity contribution in [3.63, 3.8) is 0 Å². The van der Waals surface area contributed by atoms with Crippen LogP contribution in [0.2, 0.25) is 0 Å². The quantitative estimate of drug-likeness (QED) is 0.204. The fourth-order valence-corrected chi connectivity index (χ4v) is 5.51. The van der Waals surface area contributed by atoms with E-state index in [0.717, 1.165) is 25.7 Å². The van der Waals surface area contributed by atoms with Crippen molar-refractivity contribution in [1.82, 2.24) is 5.32 Å². The first-order valence-corrected chi connectivity index (χ1v) is 13.4. The minimum Gasteiger partial charge on any atom is -0.491 e. The van der Waals surface area contributed by atoms with Gasteiger partial charge >= 0.3 is 0 Å². The molecule has 1 amide bonds. The van der Waals surface area contributed by atoms with Gasteiger partial charge in [0.1, 0.15) is 23.9 Å². The van der Waals surface area contributed by atoms with E-state index in [1.165, 1.54) is 19.3 Å². The summed E-state index contributed by atoms with van der Waals surface area (Å²) in [5, 5.41) is 20.7. The number of amides is 1. The molecule has 2 aliphatic rings. The van der Waals surface area contributed by atoms with Crippen molar-refractivity contribution in [3.05, 3.63) is 53.6 Å². The number of aliphatic hydroxyl groups is 1. The average Bonchev–Trinajstić information content (AvgIpc) is 2.88. The highest BCUT2D eigenvalue weighted by atomic mass is 16.5. The summed E-state index contributed by atoms with van der Waals surface area (Å²) in [6.07, 6.45) is 7.05. The Balaban J connectivity index is 1.48. The molecule has 0 spiro atoms. The van der Waals surface area contributed by atoms with E-state index in [2.05, 4.69) is 19.2 Å². The number of amidine groups is 1. The molecule has 8 nitrogen and oxygen atoms in total. The van der Waals surface area contributed by atoms with Crippen molar-refractivity contribution >= 4 is 17.4 Å². The molecule has 2 heterocycles. The number of nitrogens with one attached hydrogen (secondary N) is 2. The molecular weight excluding hydrogens is 468 g/mol. The van der Waals surface area contributed by atoms with Gasteiger partial charge in [0.2, 0.25) is 6.10 Å². The van der Waals surface area contributed by atoms with Crippen LogP contribution in [0.3, 0.4) is 0 Å². The third kappa shape index (κ3) is 6.62. The summed E-state index contributed by atoms with van der Waals surface area (Å²) in [6.45, 7) is 5.26. The largest absolute Gasteiger partial charge is 0.491 e. The molecule has 1 unspecified atom stereocenters. The van der Waals surface area contributed by atoms with Gasteiger partial charge in [0.05, 0.1) is 12.3 Å². The minimum atomic E-state index is -0.817. The van der Waals surface area contributed by atoms with Crippen LogP contribution in [0.15, 0.2) is 42.5 Å². The highest BCUT2D eigenvalue weighted by molar-refractivity contribution is 6.01. The summed E-state index contributed by atoms with van der Waals surface area (Å²) in [6, 6.07) is 13.1. The molecule has 1 saturated heterocycles. The van der Waals surface area contributed by atoms with Gasteiger partial charge in [0, 0.05) is 35.3 Å². The number of hydrogen-bond donors (Lipinski definition) is 4. The minimum absolute atomic E-state index is 0.0522. The van der Waals surface area contributed by atoms with Crippen LogP contribution >= 0.6 is 0 Å². The monoisotopic (exact) mass is 508 g/mol. The van der Waals surface area contributed by atoms with E-state index in [4.69, 9.17) is 25.7 Å². The number of nitrogens with zero attached hydrogens (tertiary/aromatic N) is 1. The number of unbranched alkanes of at least 4 members (excludes halogenated alkanes) is 2. The molecule has 200 valence electrons. The van der Waals surface area contributed by atoms with Crippen LogP contribution in [0.4, 0.5) is 5.69 Å². The van der Waals surface area contributed by atoms with Gasteiger partial charge < -0.3 is 30.5 Å². The Morgan fingerprint density at radius 2 is 2.11 bits per heavy atom. The van der Waals surface area contributed by atoms with Gasteiger partial charge in [-0.25, -0.2) is 0 Å². The lowest BCUT2D eigenvalue weighted by molar-refractivity contribution is -0.126. The van der Waals surface area contributed by atoms with E-state index in [9.17, 15) is 4.79 Å². The molecule has 0 aromatic heterocycles. The van der Waals surface area contributed by atoms with Gasteiger partial charge in [-0.1, -0.05) is 37.5 Å². The Labute approximate surface area is 219 Å². The summed E-state index contributed by atoms with van der Waals surface area (Å²) in [5.41, 5.74) is 7.78. The standard InChI is InChI=1S/C29H40N4O4/c1-20-8-7-14-29(2,32-20)13-4-3-5-15-33-24-19-23(36-17-16-34)11-12-25(24)37-26(28(33)35)21-9-6-10-22(18-21)27(30)31/h6,9-12,18-20,26,32,34H,3-5,7-8,13-17H2,1-2H3,(H3,30,31)/t20-,26?,29+/m0/s1.